The maximum Gasteiger partial charge on any atom is 0.325 e. The van der Waals surface area contributed by atoms with Crippen molar-refractivity contribution in [1.82, 2.24) is 0 Å². The third-order valence-corrected chi connectivity index (χ3v) is 2.32. The van der Waals surface area contributed by atoms with Crippen LogP contribution in [-0.2, 0) is 19.0 Å². The summed E-state index contributed by atoms with van der Waals surface area (Å²) >= 11 is 0. The van der Waals surface area contributed by atoms with Crippen molar-refractivity contribution < 1.29 is 19.0 Å². The van der Waals surface area contributed by atoms with E-state index in [1.807, 2.05) is 13.8 Å². The number of hydrogen-bond acceptors (Lipinski definition) is 5. The first-order valence-electron chi connectivity index (χ1n) is 5.94. The minimum Gasteiger partial charge on any atom is -0.465 e. The van der Waals surface area contributed by atoms with E-state index in [1.165, 1.54) is 0 Å². The van der Waals surface area contributed by atoms with Gasteiger partial charge in [0.25, 0.3) is 0 Å². The van der Waals surface area contributed by atoms with E-state index < -0.39 is 11.5 Å². The quantitative estimate of drug-likeness (QED) is 0.650. The molecule has 3 unspecified atom stereocenters. The van der Waals surface area contributed by atoms with Gasteiger partial charge in [-0.25, -0.2) is 0 Å². The number of carbonyl (C=O) groups excluding carboxylic acids is 1. The number of hydrogen-bond donors (Lipinski definition) is 1. The molecule has 0 bridgehead atoms. The van der Waals surface area contributed by atoms with Crippen LogP contribution in [0.25, 0.3) is 0 Å². The summed E-state index contributed by atoms with van der Waals surface area (Å²) in [5.74, 6) is -0.394. The fourth-order valence-electron chi connectivity index (χ4n) is 1.70. The molecule has 5 nitrogen and oxygen atoms in total. The molecule has 3 atom stereocenters. The van der Waals surface area contributed by atoms with Gasteiger partial charge in [-0.2, -0.15) is 0 Å². The van der Waals surface area contributed by atoms with Crippen LogP contribution in [0.15, 0.2) is 0 Å². The van der Waals surface area contributed by atoms with E-state index in [-0.39, 0.29) is 12.2 Å². The molecular weight excluding hydrogens is 222 g/mol. The van der Waals surface area contributed by atoms with Gasteiger partial charge in [-0.3, -0.25) is 4.79 Å². The Bertz CT molecular complexity index is 231. The van der Waals surface area contributed by atoms with Crippen LogP contribution >= 0.6 is 0 Å². The zero-order valence-corrected chi connectivity index (χ0v) is 11.5. The smallest absolute Gasteiger partial charge is 0.325 e. The summed E-state index contributed by atoms with van der Waals surface area (Å²) in [5.41, 5.74) is 4.90. The molecule has 0 aliphatic rings. The average Bonchev–Trinajstić information content (AvgIpc) is 2.16. The van der Waals surface area contributed by atoms with E-state index in [2.05, 4.69) is 0 Å². The fourth-order valence-corrected chi connectivity index (χ4v) is 1.70. The zero-order chi connectivity index (χ0) is 13.5. The minimum atomic E-state index is -1.01. The molecule has 5 heteroatoms. The second kappa shape index (κ2) is 7.63. The number of carbonyl (C=O) groups is 1. The monoisotopic (exact) mass is 247 g/mol. The molecule has 0 radical (unpaired) electrons. The molecule has 102 valence electrons. The predicted octanol–water partition coefficient (Wildman–Crippen LogP) is 1.10. The normalized spacial score (nSPS) is 18.2. The second-order valence-corrected chi connectivity index (χ2v) is 4.55. The van der Waals surface area contributed by atoms with E-state index in [9.17, 15) is 4.79 Å². The SMILES string of the molecule is CCOC(=O)C(C)(N)CC(C)OC(C)COC. The first-order valence-corrected chi connectivity index (χ1v) is 5.94. The van der Waals surface area contributed by atoms with Crippen molar-refractivity contribution in [3.05, 3.63) is 0 Å². The Morgan fingerprint density at radius 3 is 2.41 bits per heavy atom. The summed E-state index contributed by atoms with van der Waals surface area (Å²) in [5, 5.41) is 0. The van der Waals surface area contributed by atoms with Crippen LogP contribution in [-0.4, -0.2) is 44.0 Å². The van der Waals surface area contributed by atoms with Crippen LogP contribution < -0.4 is 5.73 Å². The summed E-state index contributed by atoms with van der Waals surface area (Å²) in [6.07, 6.45) is 0.271. The third kappa shape index (κ3) is 6.61. The Hall–Kier alpha value is -0.650. The highest BCUT2D eigenvalue weighted by molar-refractivity contribution is 5.80. The Balaban J connectivity index is 4.16. The van der Waals surface area contributed by atoms with Gasteiger partial charge in [0, 0.05) is 13.5 Å². The highest BCUT2D eigenvalue weighted by Crippen LogP contribution is 2.15. The summed E-state index contributed by atoms with van der Waals surface area (Å²) in [4.78, 5) is 11.6. The van der Waals surface area contributed by atoms with Gasteiger partial charge in [0.2, 0.25) is 0 Å². The van der Waals surface area contributed by atoms with E-state index in [0.29, 0.717) is 19.6 Å². The summed E-state index contributed by atoms with van der Waals surface area (Å²) in [7, 11) is 1.62. The number of nitrogens with two attached hydrogens (primary N) is 1. The molecule has 0 fully saturated rings. The molecule has 0 rings (SSSR count). The summed E-state index contributed by atoms with van der Waals surface area (Å²) in [6.45, 7) is 8.07. The fraction of sp³-hybridized carbons (Fsp3) is 0.917. The lowest BCUT2D eigenvalue weighted by Gasteiger charge is -2.27. The zero-order valence-electron chi connectivity index (χ0n) is 11.5. The van der Waals surface area contributed by atoms with Gasteiger partial charge in [-0.05, 0) is 27.7 Å². The maximum absolute atomic E-state index is 11.6. The Labute approximate surface area is 104 Å². The first kappa shape index (κ1) is 16.4. The number of rotatable bonds is 8. The van der Waals surface area contributed by atoms with Crippen LogP contribution in [0, 0.1) is 0 Å². The first-order chi connectivity index (χ1) is 7.83. The Kier molecular flexibility index (Phi) is 7.34. The van der Waals surface area contributed by atoms with Crippen molar-refractivity contribution in [1.29, 1.82) is 0 Å². The largest absolute Gasteiger partial charge is 0.465 e. The van der Waals surface area contributed by atoms with E-state index in [4.69, 9.17) is 19.9 Å². The number of esters is 1. The van der Waals surface area contributed by atoms with Crippen LogP contribution in [0.2, 0.25) is 0 Å². The van der Waals surface area contributed by atoms with Gasteiger partial charge in [0.15, 0.2) is 0 Å². The lowest BCUT2D eigenvalue weighted by molar-refractivity contribution is -0.151. The van der Waals surface area contributed by atoms with Gasteiger partial charge >= 0.3 is 5.97 Å². The third-order valence-electron chi connectivity index (χ3n) is 2.32. The predicted molar refractivity (Wildman–Crippen MR) is 65.7 cm³/mol. The van der Waals surface area contributed by atoms with Crippen LogP contribution in [0.1, 0.15) is 34.1 Å². The summed E-state index contributed by atoms with van der Waals surface area (Å²) < 4.78 is 15.5. The Morgan fingerprint density at radius 1 is 1.35 bits per heavy atom. The molecule has 0 aliphatic heterocycles. The molecular formula is C12H25NO4. The standard InChI is InChI=1S/C12H25NO4/c1-6-16-11(14)12(4,13)7-9(2)17-10(3)8-15-5/h9-10H,6-8,13H2,1-5H3. The van der Waals surface area contributed by atoms with Crippen molar-refractivity contribution in [2.24, 2.45) is 5.73 Å². The van der Waals surface area contributed by atoms with E-state index in [0.717, 1.165) is 0 Å². The molecule has 0 saturated carbocycles. The van der Waals surface area contributed by atoms with Gasteiger partial charge in [-0.1, -0.05) is 0 Å². The molecule has 0 aromatic rings. The Morgan fingerprint density at radius 2 is 1.94 bits per heavy atom. The van der Waals surface area contributed by atoms with Gasteiger partial charge in [-0.15, -0.1) is 0 Å². The topological polar surface area (TPSA) is 70.8 Å². The average molecular weight is 247 g/mol. The van der Waals surface area contributed by atoms with E-state index in [1.54, 1.807) is 21.0 Å². The highest BCUT2D eigenvalue weighted by atomic mass is 16.5. The van der Waals surface area contributed by atoms with Crippen molar-refractivity contribution in [2.75, 3.05) is 20.3 Å². The highest BCUT2D eigenvalue weighted by Gasteiger charge is 2.32. The molecule has 17 heavy (non-hydrogen) atoms. The molecule has 0 aliphatic carbocycles. The lowest BCUT2D eigenvalue weighted by Crippen LogP contribution is -2.48. The van der Waals surface area contributed by atoms with Crippen LogP contribution in [0.5, 0.6) is 0 Å². The molecule has 0 aromatic carbocycles. The number of ether oxygens (including phenoxy) is 3. The van der Waals surface area contributed by atoms with E-state index >= 15 is 0 Å². The van der Waals surface area contributed by atoms with Crippen molar-refractivity contribution in [3.63, 3.8) is 0 Å². The maximum atomic E-state index is 11.6. The van der Waals surface area contributed by atoms with Crippen LogP contribution in [0.3, 0.4) is 0 Å². The van der Waals surface area contributed by atoms with Crippen molar-refractivity contribution >= 4 is 5.97 Å². The van der Waals surface area contributed by atoms with Crippen molar-refractivity contribution in [2.45, 2.75) is 51.9 Å². The molecule has 0 amide bonds. The number of methoxy groups -OCH3 is 1. The van der Waals surface area contributed by atoms with Crippen molar-refractivity contribution in [3.8, 4) is 0 Å². The molecule has 0 heterocycles. The molecule has 0 spiro atoms. The van der Waals surface area contributed by atoms with Gasteiger partial charge < -0.3 is 19.9 Å². The summed E-state index contributed by atoms with van der Waals surface area (Å²) in [6, 6.07) is 0. The van der Waals surface area contributed by atoms with Gasteiger partial charge in [0.1, 0.15) is 5.54 Å². The van der Waals surface area contributed by atoms with Crippen LogP contribution in [0.4, 0.5) is 0 Å². The van der Waals surface area contributed by atoms with Gasteiger partial charge in [0.05, 0.1) is 25.4 Å². The lowest BCUT2D eigenvalue weighted by atomic mass is 9.96. The molecule has 0 aromatic heterocycles. The second-order valence-electron chi connectivity index (χ2n) is 4.55. The minimum absolute atomic E-state index is 0.0204. The molecule has 2 N–H and O–H groups in total. The molecule has 0 saturated heterocycles.